The number of hydrogen-bond acceptors (Lipinski definition) is 5. The van der Waals surface area contributed by atoms with Crippen LogP contribution in [0.3, 0.4) is 0 Å². The van der Waals surface area contributed by atoms with E-state index in [9.17, 15) is 20.1 Å². The van der Waals surface area contributed by atoms with Crippen molar-refractivity contribution >= 4 is 6.03 Å². The van der Waals surface area contributed by atoms with Gasteiger partial charge in [-0.15, -0.1) is 0 Å². The zero-order chi connectivity index (χ0) is 28.9. The molecule has 7 heteroatoms. The highest BCUT2D eigenvalue weighted by Crippen LogP contribution is 2.28. The average Bonchev–Trinajstić information content (AvgIpc) is 3.05. The zero-order valence-corrected chi connectivity index (χ0v) is 23.5. The molecule has 2 atom stereocenters. The van der Waals surface area contributed by atoms with Crippen LogP contribution in [-0.2, 0) is 26.1 Å². The van der Waals surface area contributed by atoms with Crippen molar-refractivity contribution < 1.29 is 20.1 Å². The standard InChI is InChI=1S/C34H37N3O4/c1-24-17-28(13-15-31(24)38)21-36-30(19-26-9-5-3-6-10-26)33(40)23-35(20-27-11-7-4-8-12-27)37(34(36)41)22-29-14-16-32(39)25(2)18-29/h3-18,30,33,38-40H,19-23H2,1-2H3/t30-,33-/m1/s1. The highest BCUT2D eigenvalue weighted by Gasteiger charge is 2.40. The number of β-amino-alcohol motifs (C(OH)–C–C–N with tert-alkyl or cyclic N) is 1. The van der Waals surface area contributed by atoms with Gasteiger partial charge in [-0.05, 0) is 65.8 Å². The van der Waals surface area contributed by atoms with Crippen LogP contribution in [0.15, 0.2) is 97.1 Å². The van der Waals surface area contributed by atoms with E-state index in [2.05, 4.69) is 0 Å². The first kappa shape index (κ1) is 28.2. The molecule has 0 radical (unpaired) electrons. The number of aliphatic hydroxyl groups excluding tert-OH is 1. The number of hydrazine groups is 1. The zero-order valence-electron chi connectivity index (χ0n) is 23.5. The summed E-state index contributed by atoms with van der Waals surface area (Å²) < 4.78 is 0. The van der Waals surface area contributed by atoms with Gasteiger partial charge in [-0.2, -0.15) is 0 Å². The minimum absolute atomic E-state index is 0.204. The second-order valence-corrected chi connectivity index (χ2v) is 10.9. The molecule has 0 aromatic heterocycles. The molecule has 41 heavy (non-hydrogen) atoms. The van der Waals surface area contributed by atoms with Crippen molar-refractivity contribution in [1.82, 2.24) is 14.9 Å². The van der Waals surface area contributed by atoms with Gasteiger partial charge >= 0.3 is 6.03 Å². The molecule has 1 heterocycles. The van der Waals surface area contributed by atoms with Crippen molar-refractivity contribution in [2.75, 3.05) is 6.54 Å². The summed E-state index contributed by atoms with van der Waals surface area (Å²) in [5, 5.41) is 35.6. The molecule has 212 valence electrons. The number of hydrogen-bond donors (Lipinski definition) is 3. The summed E-state index contributed by atoms with van der Waals surface area (Å²) in [7, 11) is 0. The van der Waals surface area contributed by atoms with E-state index >= 15 is 0 Å². The van der Waals surface area contributed by atoms with Crippen LogP contribution in [0.2, 0.25) is 0 Å². The predicted octanol–water partition coefficient (Wildman–Crippen LogP) is 5.54. The molecule has 1 saturated heterocycles. The molecule has 0 aliphatic carbocycles. The SMILES string of the molecule is Cc1cc(CN2C(=O)N(Cc3ccc(O)c(C)c3)N(Cc3ccccc3)C[C@@H](O)[C@H]2Cc2ccccc2)ccc1O. The molecule has 1 fully saturated rings. The fourth-order valence-electron chi connectivity index (χ4n) is 5.45. The Hall–Kier alpha value is -4.33. The van der Waals surface area contributed by atoms with Gasteiger partial charge in [-0.25, -0.2) is 9.80 Å². The Morgan fingerprint density at radius 2 is 1.22 bits per heavy atom. The van der Waals surface area contributed by atoms with Gasteiger partial charge in [0.15, 0.2) is 0 Å². The quantitative estimate of drug-likeness (QED) is 0.268. The molecular weight excluding hydrogens is 514 g/mol. The number of benzene rings is 4. The van der Waals surface area contributed by atoms with Crippen LogP contribution in [0, 0.1) is 13.8 Å². The Labute approximate surface area is 241 Å². The average molecular weight is 552 g/mol. The lowest BCUT2D eigenvalue weighted by Crippen LogP contribution is -2.51. The third kappa shape index (κ3) is 6.70. The second-order valence-electron chi connectivity index (χ2n) is 10.9. The largest absolute Gasteiger partial charge is 0.508 e. The smallest absolute Gasteiger partial charge is 0.335 e. The van der Waals surface area contributed by atoms with E-state index in [-0.39, 0.29) is 37.2 Å². The normalized spacial score (nSPS) is 18.0. The van der Waals surface area contributed by atoms with Crippen LogP contribution >= 0.6 is 0 Å². The van der Waals surface area contributed by atoms with E-state index in [1.54, 1.807) is 22.0 Å². The monoisotopic (exact) mass is 551 g/mol. The van der Waals surface area contributed by atoms with E-state index in [4.69, 9.17) is 0 Å². The molecule has 2 amide bonds. The third-order valence-electron chi connectivity index (χ3n) is 7.75. The second kappa shape index (κ2) is 12.5. The minimum atomic E-state index is -0.826. The highest BCUT2D eigenvalue weighted by atomic mass is 16.3. The number of rotatable bonds is 8. The summed E-state index contributed by atoms with van der Waals surface area (Å²) in [5.74, 6) is 0.412. The summed E-state index contributed by atoms with van der Waals surface area (Å²) in [6, 6.07) is 29.9. The first-order chi connectivity index (χ1) is 19.8. The Kier molecular flexibility index (Phi) is 8.57. The number of nitrogens with zero attached hydrogens (tertiary/aromatic N) is 3. The number of urea groups is 1. The highest BCUT2D eigenvalue weighted by molar-refractivity contribution is 5.75. The lowest BCUT2D eigenvalue weighted by molar-refractivity contribution is -0.0213. The van der Waals surface area contributed by atoms with Crippen molar-refractivity contribution in [2.24, 2.45) is 0 Å². The van der Waals surface area contributed by atoms with Crippen LogP contribution < -0.4 is 0 Å². The lowest BCUT2D eigenvalue weighted by atomic mass is 9.98. The molecule has 1 aliphatic rings. The topological polar surface area (TPSA) is 87.5 Å². The number of phenolic OH excluding ortho intramolecular Hbond substituents is 2. The van der Waals surface area contributed by atoms with Crippen LogP contribution in [0.4, 0.5) is 4.79 Å². The molecule has 0 spiro atoms. The van der Waals surface area contributed by atoms with E-state index in [0.717, 1.165) is 33.4 Å². The van der Waals surface area contributed by atoms with Gasteiger partial charge in [0.05, 0.1) is 18.7 Å². The van der Waals surface area contributed by atoms with Gasteiger partial charge in [0.2, 0.25) is 0 Å². The predicted molar refractivity (Wildman–Crippen MR) is 159 cm³/mol. The van der Waals surface area contributed by atoms with E-state index in [1.165, 1.54) is 0 Å². The van der Waals surface area contributed by atoms with Gasteiger partial charge in [0.25, 0.3) is 0 Å². The number of amides is 2. The molecular formula is C34H37N3O4. The molecule has 0 bridgehead atoms. The number of aromatic hydroxyl groups is 2. The van der Waals surface area contributed by atoms with Gasteiger partial charge < -0.3 is 20.2 Å². The van der Waals surface area contributed by atoms with Crippen molar-refractivity contribution in [3.63, 3.8) is 0 Å². The molecule has 5 rings (SSSR count). The molecule has 4 aromatic rings. The minimum Gasteiger partial charge on any atom is -0.508 e. The van der Waals surface area contributed by atoms with E-state index < -0.39 is 12.1 Å². The molecule has 0 unspecified atom stereocenters. The first-order valence-corrected chi connectivity index (χ1v) is 13.9. The van der Waals surface area contributed by atoms with E-state index in [1.807, 2.05) is 104 Å². The third-order valence-corrected chi connectivity index (χ3v) is 7.75. The van der Waals surface area contributed by atoms with Crippen LogP contribution in [0.1, 0.15) is 33.4 Å². The number of aliphatic hydroxyl groups is 1. The summed E-state index contributed by atoms with van der Waals surface area (Å²) in [4.78, 5) is 16.4. The number of aryl methyl sites for hydroxylation is 2. The summed E-state index contributed by atoms with van der Waals surface area (Å²) in [6.45, 7) is 4.94. The Balaban J connectivity index is 1.56. The van der Waals surface area contributed by atoms with Crippen LogP contribution in [0.25, 0.3) is 0 Å². The van der Waals surface area contributed by atoms with Gasteiger partial charge in [0.1, 0.15) is 11.5 Å². The summed E-state index contributed by atoms with van der Waals surface area (Å²) in [6.07, 6.45) is -0.330. The lowest BCUT2D eigenvalue weighted by Gasteiger charge is -2.36. The van der Waals surface area contributed by atoms with Crippen molar-refractivity contribution in [3.8, 4) is 11.5 Å². The number of phenols is 2. The Bertz CT molecular complexity index is 1480. The first-order valence-electron chi connectivity index (χ1n) is 13.9. The summed E-state index contributed by atoms with van der Waals surface area (Å²) >= 11 is 0. The van der Waals surface area contributed by atoms with Gasteiger partial charge in [0, 0.05) is 19.6 Å². The maximum Gasteiger partial charge on any atom is 0.335 e. The van der Waals surface area contributed by atoms with Crippen LogP contribution in [0.5, 0.6) is 11.5 Å². The fraction of sp³-hybridized carbons (Fsp3) is 0.265. The molecule has 7 nitrogen and oxygen atoms in total. The molecule has 4 aromatic carbocycles. The van der Waals surface area contributed by atoms with Crippen LogP contribution in [-0.4, -0.2) is 55.0 Å². The maximum atomic E-state index is 14.6. The number of carbonyl (C=O) groups excluding carboxylic acids is 1. The van der Waals surface area contributed by atoms with E-state index in [0.29, 0.717) is 13.0 Å². The van der Waals surface area contributed by atoms with Crippen molar-refractivity contribution in [2.45, 2.75) is 52.0 Å². The maximum absolute atomic E-state index is 14.6. The molecule has 0 saturated carbocycles. The number of carbonyl (C=O) groups is 1. The summed E-state index contributed by atoms with van der Waals surface area (Å²) in [5.41, 5.74) is 5.28. The van der Waals surface area contributed by atoms with Gasteiger partial charge in [-0.3, -0.25) is 5.01 Å². The Morgan fingerprint density at radius 3 is 1.78 bits per heavy atom. The molecule has 1 aliphatic heterocycles. The van der Waals surface area contributed by atoms with Crippen molar-refractivity contribution in [3.05, 3.63) is 130 Å². The Morgan fingerprint density at radius 1 is 0.683 bits per heavy atom. The van der Waals surface area contributed by atoms with Gasteiger partial charge in [-0.1, -0.05) is 84.9 Å². The molecule has 3 N–H and O–H groups in total. The fourth-order valence-corrected chi connectivity index (χ4v) is 5.45. The van der Waals surface area contributed by atoms with Crippen molar-refractivity contribution in [1.29, 1.82) is 0 Å².